The fraction of sp³-hybridized carbons (Fsp3) is 0.316. The quantitative estimate of drug-likeness (QED) is 0.729. The topological polar surface area (TPSA) is 51.0 Å². The predicted octanol–water partition coefficient (Wildman–Crippen LogP) is 3.15. The van der Waals surface area contributed by atoms with Gasteiger partial charge in [0.1, 0.15) is 12.2 Å². The molecule has 0 spiro atoms. The second kappa shape index (κ2) is 6.07. The minimum absolute atomic E-state index is 0.135. The molecule has 1 aliphatic heterocycles. The van der Waals surface area contributed by atoms with E-state index in [-0.39, 0.29) is 11.8 Å². The second-order valence-corrected chi connectivity index (χ2v) is 6.36. The second-order valence-electron chi connectivity index (χ2n) is 6.36. The summed E-state index contributed by atoms with van der Waals surface area (Å²) in [5.41, 5.74) is 1.09. The molecule has 0 bridgehead atoms. The number of hydrogen-bond donors (Lipinski definition) is 0. The Balaban J connectivity index is 1.76. The van der Waals surface area contributed by atoms with Gasteiger partial charge in [0.25, 0.3) is 0 Å². The summed E-state index contributed by atoms with van der Waals surface area (Å²) >= 11 is 0. The minimum Gasteiger partial charge on any atom is -0.342 e. The number of nitrogens with zero attached hydrogens (tertiary/aromatic N) is 4. The third-order valence-corrected chi connectivity index (χ3v) is 4.83. The van der Waals surface area contributed by atoms with Crippen molar-refractivity contribution in [2.45, 2.75) is 25.7 Å². The van der Waals surface area contributed by atoms with Crippen LogP contribution < -0.4 is 0 Å². The molecule has 1 saturated heterocycles. The van der Waals surface area contributed by atoms with Crippen molar-refractivity contribution in [1.29, 1.82) is 0 Å². The fourth-order valence-corrected chi connectivity index (χ4v) is 3.60. The SMILES string of the molecule is CC(=O)N1CCC[C@H](c2nncn2-c2cccc3ccccc23)C1. The number of carbonyl (C=O) groups excluding carboxylic acids is 1. The highest BCUT2D eigenvalue weighted by Gasteiger charge is 2.27. The first-order valence-corrected chi connectivity index (χ1v) is 8.37. The monoisotopic (exact) mass is 320 g/mol. The summed E-state index contributed by atoms with van der Waals surface area (Å²) in [6.45, 7) is 3.20. The summed E-state index contributed by atoms with van der Waals surface area (Å²) in [4.78, 5) is 13.6. The Morgan fingerprint density at radius 3 is 2.88 bits per heavy atom. The third-order valence-electron chi connectivity index (χ3n) is 4.83. The van der Waals surface area contributed by atoms with Crippen molar-refractivity contribution in [3.63, 3.8) is 0 Å². The summed E-state index contributed by atoms with van der Waals surface area (Å²) < 4.78 is 2.08. The Morgan fingerprint density at radius 1 is 1.17 bits per heavy atom. The first-order chi connectivity index (χ1) is 11.7. The van der Waals surface area contributed by atoms with Gasteiger partial charge in [-0.25, -0.2) is 0 Å². The van der Waals surface area contributed by atoms with Gasteiger partial charge in [-0.15, -0.1) is 10.2 Å². The van der Waals surface area contributed by atoms with Gasteiger partial charge in [-0.1, -0.05) is 36.4 Å². The van der Waals surface area contributed by atoms with E-state index in [4.69, 9.17) is 0 Å². The molecule has 5 nitrogen and oxygen atoms in total. The maximum atomic E-state index is 11.7. The zero-order valence-corrected chi connectivity index (χ0v) is 13.7. The minimum atomic E-state index is 0.135. The van der Waals surface area contributed by atoms with Crippen LogP contribution in [0.15, 0.2) is 48.8 Å². The molecule has 1 aromatic heterocycles. The van der Waals surface area contributed by atoms with Crippen LogP contribution in [-0.4, -0.2) is 38.7 Å². The van der Waals surface area contributed by atoms with Crippen LogP contribution in [-0.2, 0) is 4.79 Å². The van der Waals surface area contributed by atoms with Gasteiger partial charge in [-0.3, -0.25) is 9.36 Å². The molecule has 0 saturated carbocycles. The summed E-state index contributed by atoms with van der Waals surface area (Å²) in [5.74, 6) is 1.30. The van der Waals surface area contributed by atoms with Gasteiger partial charge in [0.15, 0.2) is 0 Å². The average molecular weight is 320 g/mol. The summed E-state index contributed by atoms with van der Waals surface area (Å²) in [6.07, 6.45) is 3.82. The van der Waals surface area contributed by atoms with Crippen molar-refractivity contribution in [2.24, 2.45) is 0 Å². The molecule has 2 heterocycles. The van der Waals surface area contributed by atoms with Crippen LogP contribution in [0.1, 0.15) is 31.5 Å². The molecular weight excluding hydrogens is 300 g/mol. The van der Waals surface area contributed by atoms with E-state index in [1.165, 1.54) is 10.8 Å². The lowest BCUT2D eigenvalue weighted by Crippen LogP contribution is -2.38. The Morgan fingerprint density at radius 2 is 2.00 bits per heavy atom. The Hall–Kier alpha value is -2.69. The highest BCUT2D eigenvalue weighted by molar-refractivity contribution is 5.90. The average Bonchev–Trinajstić information content (AvgIpc) is 3.11. The fourth-order valence-electron chi connectivity index (χ4n) is 3.60. The van der Waals surface area contributed by atoms with Crippen molar-refractivity contribution in [1.82, 2.24) is 19.7 Å². The van der Waals surface area contributed by atoms with Gasteiger partial charge in [-0.2, -0.15) is 0 Å². The maximum Gasteiger partial charge on any atom is 0.219 e. The molecule has 0 radical (unpaired) electrons. The zero-order valence-electron chi connectivity index (χ0n) is 13.7. The summed E-state index contributed by atoms with van der Waals surface area (Å²) in [5, 5.41) is 10.9. The van der Waals surface area contributed by atoms with Crippen molar-refractivity contribution in [2.75, 3.05) is 13.1 Å². The number of amides is 1. The molecule has 2 aromatic carbocycles. The van der Waals surface area contributed by atoms with Gasteiger partial charge < -0.3 is 4.90 Å². The number of piperidine rings is 1. The van der Waals surface area contributed by atoms with Crippen molar-refractivity contribution < 1.29 is 4.79 Å². The lowest BCUT2D eigenvalue weighted by molar-refractivity contribution is -0.130. The first kappa shape index (κ1) is 14.9. The molecule has 1 amide bonds. The van der Waals surface area contributed by atoms with E-state index >= 15 is 0 Å². The molecule has 1 aliphatic rings. The van der Waals surface area contributed by atoms with Gasteiger partial charge in [0.2, 0.25) is 5.91 Å². The molecular formula is C19H20N4O. The van der Waals surface area contributed by atoms with Gasteiger partial charge in [-0.05, 0) is 24.3 Å². The summed E-state index contributed by atoms with van der Waals surface area (Å²) in [6, 6.07) is 14.6. The molecule has 5 heteroatoms. The molecule has 0 unspecified atom stereocenters. The van der Waals surface area contributed by atoms with Crippen LogP contribution in [0.5, 0.6) is 0 Å². The van der Waals surface area contributed by atoms with Crippen LogP contribution in [0.2, 0.25) is 0 Å². The van der Waals surface area contributed by atoms with Gasteiger partial charge in [0, 0.05) is 31.3 Å². The van der Waals surface area contributed by atoms with Crippen LogP contribution in [0.25, 0.3) is 16.5 Å². The lowest BCUT2D eigenvalue weighted by atomic mass is 9.96. The first-order valence-electron chi connectivity index (χ1n) is 8.37. The highest BCUT2D eigenvalue weighted by Crippen LogP contribution is 2.29. The highest BCUT2D eigenvalue weighted by atomic mass is 16.2. The van der Waals surface area contributed by atoms with Crippen LogP contribution in [0, 0.1) is 0 Å². The van der Waals surface area contributed by atoms with Crippen molar-refractivity contribution >= 4 is 16.7 Å². The van der Waals surface area contributed by atoms with Gasteiger partial charge in [0.05, 0.1) is 5.69 Å². The van der Waals surface area contributed by atoms with E-state index in [0.717, 1.165) is 37.4 Å². The molecule has 0 N–H and O–H groups in total. The Kier molecular flexibility index (Phi) is 3.76. The van der Waals surface area contributed by atoms with Crippen LogP contribution in [0.4, 0.5) is 0 Å². The van der Waals surface area contributed by atoms with E-state index in [0.29, 0.717) is 0 Å². The number of rotatable bonds is 2. The lowest BCUT2D eigenvalue weighted by Gasteiger charge is -2.31. The zero-order chi connectivity index (χ0) is 16.5. The van der Waals surface area contributed by atoms with Gasteiger partial charge >= 0.3 is 0 Å². The van der Waals surface area contributed by atoms with Crippen molar-refractivity contribution in [3.8, 4) is 5.69 Å². The van der Waals surface area contributed by atoms with Crippen molar-refractivity contribution in [3.05, 3.63) is 54.6 Å². The number of fused-ring (bicyclic) bond motifs is 1. The molecule has 24 heavy (non-hydrogen) atoms. The Bertz CT molecular complexity index is 880. The predicted molar refractivity (Wildman–Crippen MR) is 93.1 cm³/mol. The molecule has 3 aromatic rings. The normalized spacial score (nSPS) is 18.0. The third kappa shape index (κ3) is 2.56. The smallest absolute Gasteiger partial charge is 0.219 e. The van der Waals surface area contributed by atoms with E-state index in [1.807, 2.05) is 17.0 Å². The number of carbonyl (C=O) groups is 1. The molecule has 1 atom stereocenters. The molecule has 122 valence electrons. The van der Waals surface area contributed by atoms with Crippen LogP contribution >= 0.6 is 0 Å². The number of benzene rings is 2. The number of likely N-dealkylation sites (tertiary alicyclic amines) is 1. The molecule has 1 fully saturated rings. The van der Waals surface area contributed by atoms with E-state index < -0.39 is 0 Å². The van der Waals surface area contributed by atoms with E-state index in [1.54, 1.807) is 13.3 Å². The number of aromatic nitrogens is 3. The maximum absolute atomic E-state index is 11.7. The number of hydrogen-bond acceptors (Lipinski definition) is 3. The Labute approximate surface area is 140 Å². The molecule has 0 aliphatic carbocycles. The van der Waals surface area contributed by atoms with E-state index in [2.05, 4.69) is 45.1 Å². The van der Waals surface area contributed by atoms with Crippen LogP contribution in [0.3, 0.4) is 0 Å². The summed E-state index contributed by atoms with van der Waals surface area (Å²) in [7, 11) is 0. The van der Waals surface area contributed by atoms with E-state index in [9.17, 15) is 4.79 Å². The molecule has 4 rings (SSSR count). The largest absolute Gasteiger partial charge is 0.342 e. The standard InChI is InChI=1S/C19H20N4O/c1-14(24)22-11-5-8-16(12-22)19-21-20-13-23(19)18-10-4-7-15-6-2-3-9-17(15)18/h2-4,6-7,9-10,13,16H,5,8,11-12H2,1H3/t16-/m0/s1.